The predicted octanol–water partition coefficient (Wildman–Crippen LogP) is 2.91. The van der Waals surface area contributed by atoms with Gasteiger partial charge in [-0.2, -0.15) is 4.31 Å². The van der Waals surface area contributed by atoms with Crippen LogP contribution in [0, 0.1) is 0 Å². The number of carbonyl (C=O) groups excluding carboxylic acids is 2. The van der Waals surface area contributed by atoms with E-state index >= 15 is 0 Å². The van der Waals surface area contributed by atoms with Gasteiger partial charge in [0.2, 0.25) is 15.9 Å². The van der Waals surface area contributed by atoms with Crippen LogP contribution >= 0.6 is 0 Å². The fourth-order valence-corrected chi connectivity index (χ4v) is 4.51. The number of rotatable bonds is 6. The molecule has 0 aromatic heterocycles. The minimum atomic E-state index is -3.47. The lowest BCUT2D eigenvalue weighted by atomic mass is 10.1. The van der Waals surface area contributed by atoms with Crippen LogP contribution in [0.1, 0.15) is 28.8 Å². The first-order valence-corrected chi connectivity index (χ1v) is 10.6. The number of amides is 1. The molecule has 1 N–H and O–H groups in total. The third-order valence-corrected chi connectivity index (χ3v) is 6.50. The Kier molecular flexibility index (Phi) is 6.46. The number of ether oxygens (including phenoxy) is 1. The van der Waals surface area contributed by atoms with Gasteiger partial charge in [0.15, 0.2) is 0 Å². The normalized spacial score (nSPS) is 14.8. The Bertz CT molecular complexity index is 1010. The van der Waals surface area contributed by atoms with Crippen LogP contribution < -0.4 is 5.32 Å². The standard InChI is InChI=1S/C21H22N2O5S/c1-28-21(25)17-7-4-16(5-8-17)6-13-20(24)22-18-9-11-19(12-10-18)29(26,27)23-14-2-3-15-23/h4-13H,2-3,14-15H2,1H3,(H,22,24). The number of esters is 1. The van der Waals surface area contributed by atoms with Crippen LogP contribution in [0.2, 0.25) is 0 Å². The maximum Gasteiger partial charge on any atom is 0.337 e. The molecule has 29 heavy (non-hydrogen) atoms. The molecule has 8 heteroatoms. The summed E-state index contributed by atoms with van der Waals surface area (Å²) in [5.74, 6) is -0.773. The average molecular weight is 414 g/mol. The molecule has 0 radical (unpaired) electrons. The topological polar surface area (TPSA) is 92.8 Å². The van der Waals surface area contributed by atoms with Gasteiger partial charge in [-0.05, 0) is 60.9 Å². The lowest BCUT2D eigenvalue weighted by Gasteiger charge is -2.15. The highest BCUT2D eigenvalue weighted by atomic mass is 32.2. The Morgan fingerprint density at radius 2 is 1.62 bits per heavy atom. The summed E-state index contributed by atoms with van der Waals surface area (Å²) in [6.45, 7) is 1.10. The van der Waals surface area contributed by atoms with Gasteiger partial charge in [0.1, 0.15) is 0 Å². The van der Waals surface area contributed by atoms with Crippen LogP contribution in [-0.4, -0.2) is 44.8 Å². The van der Waals surface area contributed by atoms with Gasteiger partial charge in [-0.1, -0.05) is 12.1 Å². The highest BCUT2D eigenvalue weighted by Gasteiger charge is 2.26. The summed E-state index contributed by atoms with van der Waals surface area (Å²) in [4.78, 5) is 23.7. The van der Waals surface area contributed by atoms with Crippen molar-refractivity contribution in [3.8, 4) is 0 Å². The zero-order chi connectivity index (χ0) is 20.9. The Labute approximate surface area is 170 Å². The molecule has 1 saturated heterocycles. The number of sulfonamides is 1. The number of hydrogen-bond donors (Lipinski definition) is 1. The van der Waals surface area contributed by atoms with E-state index in [0.29, 0.717) is 24.3 Å². The molecule has 0 saturated carbocycles. The molecule has 1 heterocycles. The van der Waals surface area contributed by atoms with Gasteiger partial charge in [-0.25, -0.2) is 13.2 Å². The molecule has 0 atom stereocenters. The van der Waals surface area contributed by atoms with Crippen molar-refractivity contribution in [2.45, 2.75) is 17.7 Å². The second-order valence-electron chi connectivity index (χ2n) is 6.57. The van der Waals surface area contributed by atoms with E-state index in [9.17, 15) is 18.0 Å². The molecule has 2 aromatic carbocycles. The highest BCUT2D eigenvalue weighted by Crippen LogP contribution is 2.22. The minimum Gasteiger partial charge on any atom is -0.465 e. The number of carbonyl (C=O) groups is 2. The van der Waals surface area contributed by atoms with Gasteiger partial charge < -0.3 is 10.1 Å². The Balaban J connectivity index is 1.60. The molecule has 7 nitrogen and oxygen atoms in total. The monoisotopic (exact) mass is 414 g/mol. The van der Waals surface area contributed by atoms with E-state index in [1.807, 2.05) is 0 Å². The smallest absolute Gasteiger partial charge is 0.337 e. The molecule has 2 aromatic rings. The number of methoxy groups -OCH3 is 1. The van der Waals surface area contributed by atoms with Crippen molar-refractivity contribution < 1.29 is 22.7 Å². The summed E-state index contributed by atoms with van der Waals surface area (Å²) < 4.78 is 31.1. The maximum absolute atomic E-state index is 12.5. The van der Waals surface area contributed by atoms with Crippen LogP contribution in [0.25, 0.3) is 6.08 Å². The Hall–Kier alpha value is -2.97. The highest BCUT2D eigenvalue weighted by molar-refractivity contribution is 7.89. The van der Waals surface area contributed by atoms with E-state index in [4.69, 9.17) is 0 Å². The summed E-state index contributed by atoms with van der Waals surface area (Å²) >= 11 is 0. The molecule has 1 aliphatic rings. The first-order chi connectivity index (χ1) is 13.9. The fourth-order valence-electron chi connectivity index (χ4n) is 2.99. The number of anilines is 1. The Morgan fingerprint density at radius 3 is 2.21 bits per heavy atom. The summed E-state index contributed by atoms with van der Waals surface area (Å²) in [6, 6.07) is 12.8. The zero-order valence-corrected chi connectivity index (χ0v) is 16.8. The number of hydrogen-bond acceptors (Lipinski definition) is 5. The lowest BCUT2D eigenvalue weighted by molar-refractivity contribution is -0.111. The number of nitrogens with one attached hydrogen (secondary N) is 1. The van der Waals surface area contributed by atoms with Crippen molar-refractivity contribution >= 4 is 33.7 Å². The number of benzene rings is 2. The quantitative estimate of drug-likeness (QED) is 0.580. The third-order valence-electron chi connectivity index (χ3n) is 4.58. The van der Waals surface area contributed by atoms with Gasteiger partial charge in [0.05, 0.1) is 17.6 Å². The van der Waals surface area contributed by atoms with Crippen LogP contribution in [0.3, 0.4) is 0 Å². The summed E-state index contributed by atoms with van der Waals surface area (Å²) in [7, 11) is -2.15. The molecule has 3 rings (SSSR count). The van der Waals surface area contributed by atoms with E-state index in [0.717, 1.165) is 18.4 Å². The second kappa shape index (κ2) is 9.02. The summed E-state index contributed by atoms with van der Waals surface area (Å²) in [6.07, 6.45) is 4.74. The van der Waals surface area contributed by atoms with E-state index < -0.39 is 16.0 Å². The molecule has 1 amide bonds. The van der Waals surface area contributed by atoms with Crippen LogP contribution in [-0.2, 0) is 19.6 Å². The fraction of sp³-hybridized carbons (Fsp3) is 0.238. The van der Waals surface area contributed by atoms with Gasteiger partial charge >= 0.3 is 5.97 Å². The van der Waals surface area contributed by atoms with E-state index in [2.05, 4.69) is 10.1 Å². The van der Waals surface area contributed by atoms with Gasteiger partial charge in [0.25, 0.3) is 0 Å². The van der Waals surface area contributed by atoms with Crippen LogP contribution in [0.5, 0.6) is 0 Å². The van der Waals surface area contributed by atoms with Crippen molar-refractivity contribution in [2.75, 3.05) is 25.5 Å². The summed E-state index contributed by atoms with van der Waals surface area (Å²) in [5.41, 5.74) is 1.68. The van der Waals surface area contributed by atoms with Crippen LogP contribution in [0.15, 0.2) is 59.5 Å². The maximum atomic E-state index is 12.5. The first kappa shape index (κ1) is 20.8. The van der Waals surface area contributed by atoms with Crippen molar-refractivity contribution in [3.63, 3.8) is 0 Å². The Morgan fingerprint density at radius 1 is 1.00 bits per heavy atom. The summed E-state index contributed by atoms with van der Waals surface area (Å²) in [5, 5.41) is 2.69. The van der Waals surface area contributed by atoms with E-state index in [1.165, 1.54) is 29.6 Å². The zero-order valence-electron chi connectivity index (χ0n) is 16.0. The molecule has 0 unspecified atom stereocenters. The lowest BCUT2D eigenvalue weighted by Crippen LogP contribution is -2.27. The van der Waals surface area contributed by atoms with Crippen molar-refractivity contribution in [2.24, 2.45) is 0 Å². The number of nitrogens with zero attached hydrogens (tertiary/aromatic N) is 1. The molecular formula is C21H22N2O5S. The van der Waals surface area contributed by atoms with Gasteiger partial charge in [-0.3, -0.25) is 4.79 Å². The molecule has 0 aliphatic carbocycles. The molecule has 1 fully saturated rings. The largest absolute Gasteiger partial charge is 0.465 e. The molecule has 0 spiro atoms. The molecule has 1 aliphatic heterocycles. The third kappa shape index (κ3) is 5.10. The van der Waals surface area contributed by atoms with E-state index in [1.54, 1.807) is 42.5 Å². The van der Waals surface area contributed by atoms with Crippen molar-refractivity contribution in [1.82, 2.24) is 4.31 Å². The second-order valence-corrected chi connectivity index (χ2v) is 8.51. The van der Waals surface area contributed by atoms with Gasteiger partial charge in [-0.15, -0.1) is 0 Å². The van der Waals surface area contributed by atoms with E-state index in [-0.39, 0.29) is 10.8 Å². The van der Waals surface area contributed by atoms with Crippen molar-refractivity contribution in [1.29, 1.82) is 0 Å². The first-order valence-electron chi connectivity index (χ1n) is 9.18. The van der Waals surface area contributed by atoms with Crippen molar-refractivity contribution in [3.05, 3.63) is 65.7 Å². The molecule has 0 bridgehead atoms. The molecular weight excluding hydrogens is 392 g/mol. The minimum absolute atomic E-state index is 0.221. The SMILES string of the molecule is COC(=O)c1ccc(C=CC(=O)Nc2ccc(S(=O)(=O)N3CCCC3)cc2)cc1. The van der Waals surface area contributed by atoms with Crippen LogP contribution in [0.4, 0.5) is 5.69 Å². The predicted molar refractivity (Wildman–Crippen MR) is 110 cm³/mol. The molecule has 152 valence electrons. The van der Waals surface area contributed by atoms with Gasteiger partial charge in [0, 0.05) is 24.9 Å². The average Bonchev–Trinajstić information content (AvgIpc) is 3.28.